The maximum absolute atomic E-state index is 2.53. The van der Waals surface area contributed by atoms with Crippen molar-refractivity contribution in [3.8, 4) is 55.6 Å². The summed E-state index contributed by atoms with van der Waals surface area (Å²) in [5, 5.41) is 0. The Morgan fingerprint density at radius 2 is 0.750 bits per heavy atom. The van der Waals surface area contributed by atoms with E-state index in [1.165, 1.54) is 100 Å². The van der Waals surface area contributed by atoms with Gasteiger partial charge in [-0.1, -0.05) is 234 Å². The number of hydrogen-bond acceptors (Lipinski definition) is 1. The monoisotopic (exact) mass is 869 g/mol. The smallest absolute Gasteiger partial charge is 0.0714 e. The third-order valence-electron chi connectivity index (χ3n) is 15.8. The first-order valence-corrected chi connectivity index (χ1v) is 24.1. The van der Waals surface area contributed by atoms with E-state index in [4.69, 9.17) is 0 Å². The molecule has 324 valence electrons. The summed E-state index contributed by atoms with van der Waals surface area (Å²) in [7, 11) is 0. The number of fused-ring (bicyclic) bond motifs is 9. The molecule has 1 heteroatoms. The Kier molecular flexibility index (Phi) is 8.89. The second-order valence-electron chi connectivity index (χ2n) is 20.0. The number of benzene rings is 10. The van der Waals surface area contributed by atoms with E-state index in [1.807, 2.05) is 0 Å². The minimum Gasteiger partial charge on any atom is -0.310 e. The first-order chi connectivity index (χ1) is 33.3. The maximum atomic E-state index is 2.53. The van der Waals surface area contributed by atoms with Gasteiger partial charge in [-0.05, 0) is 125 Å². The van der Waals surface area contributed by atoms with Crippen LogP contribution in [0.2, 0.25) is 0 Å². The average Bonchev–Trinajstić information content (AvgIpc) is 3.92. The Balaban J connectivity index is 1.02. The van der Waals surface area contributed by atoms with E-state index in [0.717, 1.165) is 17.1 Å². The Labute approximate surface area is 400 Å². The van der Waals surface area contributed by atoms with Crippen LogP contribution in [0.5, 0.6) is 0 Å². The van der Waals surface area contributed by atoms with Gasteiger partial charge in [-0.15, -0.1) is 0 Å². The van der Waals surface area contributed by atoms with Gasteiger partial charge in [0, 0.05) is 27.8 Å². The Morgan fingerprint density at radius 3 is 1.41 bits per heavy atom. The molecule has 0 bridgehead atoms. The molecule has 0 aromatic heterocycles. The van der Waals surface area contributed by atoms with Crippen LogP contribution in [0.3, 0.4) is 0 Å². The normalized spacial score (nSPS) is 14.8. The lowest BCUT2D eigenvalue weighted by Crippen LogP contribution is -2.28. The average molecular weight is 870 g/mol. The summed E-state index contributed by atoms with van der Waals surface area (Å²) in [6.07, 6.45) is 0. The predicted molar refractivity (Wildman–Crippen MR) is 284 cm³/mol. The highest BCUT2D eigenvalue weighted by Gasteiger charge is 2.47. The van der Waals surface area contributed by atoms with Crippen LogP contribution in [-0.2, 0) is 16.2 Å². The zero-order chi connectivity index (χ0) is 45.8. The van der Waals surface area contributed by atoms with Gasteiger partial charge in [0.25, 0.3) is 0 Å². The molecule has 13 rings (SSSR count). The third kappa shape index (κ3) is 5.63. The van der Waals surface area contributed by atoms with Gasteiger partial charge in [0.2, 0.25) is 0 Å². The van der Waals surface area contributed by atoms with Crippen LogP contribution in [0.25, 0.3) is 55.6 Å². The van der Waals surface area contributed by atoms with Gasteiger partial charge >= 0.3 is 0 Å². The fourth-order valence-corrected chi connectivity index (χ4v) is 12.8. The highest BCUT2D eigenvalue weighted by atomic mass is 15.1. The van der Waals surface area contributed by atoms with Crippen molar-refractivity contribution >= 4 is 17.1 Å². The van der Waals surface area contributed by atoms with Crippen molar-refractivity contribution < 1.29 is 0 Å². The fourth-order valence-electron chi connectivity index (χ4n) is 12.8. The van der Waals surface area contributed by atoms with Gasteiger partial charge in [-0.2, -0.15) is 0 Å². The SMILES string of the molecule is CC1(C)c2ccccc2-c2ccc(N(c3ccc(-c4ccccc4-c4cccc5c4C(C)(C)c4ccccc4-5)cc3)c3cccc4c3-c3ccccc3C4(c3ccccc3)c3ccccc3)cc21. The van der Waals surface area contributed by atoms with Crippen LogP contribution >= 0.6 is 0 Å². The predicted octanol–water partition coefficient (Wildman–Crippen LogP) is 17.5. The van der Waals surface area contributed by atoms with E-state index in [-0.39, 0.29) is 10.8 Å². The molecule has 0 spiro atoms. The Hall–Kier alpha value is -8.00. The van der Waals surface area contributed by atoms with Gasteiger partial charge in [0.15, 0.2) is 0 Å². The molecular formula is C67H51N. The summed E-state index contributed by atoms with van der Waals surface area (Å²) in [4.78, 5) is 2.53. The summed E-state index contributed by atoms with van der Waals surface area (Å²) in [5.74, 6) is 0. The highest BCUT2D eigenvalue weighted by Crippen LogP contribution is 2.60. The standard InChI is InChI=1S/C67H51N/c1-65(2)57-32-16-13-27-51(57)53-42-41-48(43-61(53)65)68(62-36-20-35-60-63(62)56-29-15-18-34-59(56)67(60,45-21-7-5-8-22-45)46-23-9-6-10-24-46)47-39-37-44(38-40-47)49-25-11-12-26-50(49)54-30-19-31-55-52-28-14-17-33-58(52)66(3,4)64(54)55/h5-43H,1-4H3. The van der Waals surface area contributed by atoms with E-state index in [0.29, 0.717) is 0 Å². The third-order valence-corrected chi connectivity index (χ3v) is 15.8. The van der Waals surface area contributed by atoms with Crippen LogP contribution in [-0.4, -0.2) is 0 Å². The molecule has 68 heavy (non-hydrogen) atoms. The lowest BCUT2D eigenvalue weighted by atomic mass is 9.68. The van der Waals surface area contributed by atoms with Gasteiger partial charge in [-0.3, -0.25) is 0 Å². The Morgan fingerprint density at radius 1 is 0.294 bits per heavy atom. The molecular weight excluding hydrogens is 819 g/mol. The number of nitrogens with zero attached hydrogens (tertiary/aromatic N) is 1. The minimum atomic E-state index is -0.515. The first-order valence-electron chi connectivity index (χ1n) is 24.1. The molecule has 10 aromatic rings. The molecule has 0 amide bonds. The lowest BCUT2D eigenvalue weighted by molar-refractivity contribution is 0.660. The summed E-state index contributed by atoms with van der Waals surface area (Å²) < 4.78 is 0. The summed E-state index contributed by atoms with van der Waals surface area (Å²) >= 11 is 0. The second kappa shape index (κ2) is 15.0. The van der Waals surface area contributed by atoms with Crippen molar-refractivity contribution in [2.45, 2.75) is 43.9 Å². The van der Waals surface area contributed by atoms with Crippen molar-refractivity contribution in [1.29, 1.82) is 0 Å². The molecule has 0 saturated carbocycles. The van der Waals surface area contributed by atoms with Gasteiger partial charge in [0.1, 0.15) is 0 Å². The molecule has 0 radical (unpaired) electrons. The van der Waals surface area contributed by atoms with Crippen LogP contribution in [0.15, 0.2) is 237 Å². The van der Waals surface area contributed by atoms with Crippen molar-refractivity contribution in [3.05, 3.63) is 281 Å². The van der Waals surface area contributed by atoms with Gasteiger partial charge < -0.3 is 4.90 Å². The van der Waals surface area contributed by atoms with Gasteiger partial charge in [0.05, 0.1) is 11.1 Å². The molecule has 0 saturated heterocycles. The summed E-state index contributed by atoms with van der Waals surface area (Å²) in [6.45, 7) is 9.53. The largest absolute Gasteiger partial charge is 0.310 e. The van der Waals surface area contributed by atoms with E-state index in [9.17, 15) is 0 Å². The first kappa shape index (κ1) is 40.3. The summed E-state index contributed by atoms with van der Waals surface area (Å²) in [6, 6.07) is 88.6. The molecule has 3 aliphatic rings. The number of hydrogen-bond donors (Lipinski definition) is 0. The van der Waals surface area contributed by atoms with Crippen LogP contribution < -0.4 is 4.90 Å². The Bertz CT molecular complexity index is 3570. The fraction of sp³-hybridized carbons (Fsp3) is 0.104. The van der Waals surface area contributed by atoms with E-state index in [1.54, 1.807) is 0 Å². The quantitative estimate of drug-likeness (QED) is 0.154. The van der Waals surface area contributed by atoms with E-state index < -0.39 is 5.41 Å². The molecule has 0 N–H and O–H groups in total. The van der Waals surface area contributed by atoms with Crippen molar-refractivity contribution in [2.24, 2.45) is 0 Å². The van der Waals surface area contributed by atoms with E-state index >= 15 is 0 Å². The molecule has 10 aromatic carbocycles. The van der Waals surface area contributed by atoms with E-state index in [2.05, 4.69) is 269 Å². The number of rotatable bonds is 7. The zero-order valence-corrected chi connectivity index (χ0v) is 39.0. The zero-order valence-electron chi connectivity index (χ0n) is 39.0. The minimum absolute atomic E-state index is 0.126. The van der Waals surface area contributed by atoms with Gasteiger partial charge in [-0.25, -0.2) is 0 Å². The molecule has 1 nitrogen and oxygen atoms in total. The molecule has 3 aliphatic carbocycles. The van der Waals surface area contributed by atoms with Crippen molar-refractivity contribution in [3.63, 3.8) is 0 Å². The highest BCUT2D eigenvalue weighted by molar-refractivity contribution is 5.99. The van der Waals surface area contributed by atoms with Crippen LogP contribution in [0, 0.1) is 0 Å². The second-order valence-corrected chi connectivity index (χ2v) is 20.0. The summed E-state index contributed by atoms with van der Waals surface area (Å²) in [5.41, 5.74) is 26.1. The van der Waals surface area contributed by atoms with Crippen LogP contribution in [0.4, 0.5) is 17.1 Å². The van der Waals surface area contributed by atoms with Crippen molar-refractivity contribution in [2.75, 3.05) is 4.90 Å². The molecule has 0 heterocycles. The molecule has 0 atom stereocenters. The number of anilines is 3. The molecule has 0 fully saturated rings. The lowest BCUT2D eigenvalue weighted by Gasteiger charge is -2.34. The molecule has 0 unspecified atom stereocenters. The van der Waals surface area contributed by atoms with Crippen molar-refractivity contribution in [1.82, 2.24) is 0 Å². The van der Waals surface area contributed by atoms with Crippen LogP contribution in [0.1, 0.15) is 72.2 Å². The molecule has 0 aliphatic heterocycles. The maximum Gasteiger partial charge on any atom is 0.0714 e. The topological polar surface area (TPSA) is 3.24 Å².